The molecule has 0 aromatic carbocycles. The van der Waals surface area contributed by atoms with E-state index in [-0.39, 0.29) is 34.1 Å². The van der Waals surface area contributed by atoms with Gasteiger partial charge in [-0.25, -0.2) is 0 Å². The second kappa shape index (κ2) is 10.9. The minimum atomic E-state index is 0. The molecule has 0 saturated carbocycles. The Morgan fingerprint density at radius 2 is 1.52 bits per heavy atom. The zero-order valence-corrected chi connectivity index (χ0v) is 15.1. The Morgan fingerprint density at radius 3 is 1.90 bits per heavy atom. The van der Waals surface area contributed by atoms with Gasteiger partial charge in [-0.2, -0.15) is 5.10 Å². The fourth-order valence-corrected chi connectivity index (χ4v) is 1.53. The SMILES string of the molecule is CS/C([S-])=N/N=C(c1ccccn1)c1ccccn1.[Br-].[Cu+2]. The molecule has 0 aliphatic carbocycles. The Kier molecular flexibility index (Phi) is 10.5. The number of thioether (sulfide) groups is 1. The quantitative estimate of drug-likeness (QED) is 0.216. The molecule has 8 heteroatoms. The summed E-state index contributed by atoms with van der Waals surface area (Å²) in [5.74, 6) is 0. The molecule has 0 saturated heterocycles. The third-order valence-electron chi connectivity index (χ3n) is 2.22. The second-order valence-corrected chi connectivity index (χ2v) is 4.89. The van der Waals surface area contributed by atoms with E-state index < -0.39 is 0 Å². The predicted octanol–water partition coefficient (Wildman–Crippen LogP) is -0.504. The number of hydrogen-bond donors (Lipinski definition) is 0. The molecule has 0 aliphatic heterocycles. The van der Waals surface area contributed by atoms with E-state index in [2.05, 4.69) is 20.2 Å². The molecular weight excluding hydrogens is 420 g/mol. The van der Waals surface area contributed by atoms with E-state index in [0.717, 1.165) is 0 Å². The monoisotopic (exact) mass is 429 g/mol. The first kappa shape index (κ1) is 20.2. The van der Waals surface area contributed by atoms with Crippen molar-refractivity contribution in [3.8, 4) is 0 Å². The van der Waals surface area contributed by atoms with Gasteiger partial charge in [0, 0.05) is 12.4 Å². The number of hydrogen-bond acceptors (Lipinski definition) is 6. The molecule has 4 nitrogen and oxygen atoms in total. The fourth-order valence-electron chi connectivity index (χ4n) is 1.37. The number of rotatable bonds is 3. The standard InChI is InChI=1S/C13H12N4S2.BrH.Cu/c1-19-13(18)17-16-12(10-6-2-4-8-14-10)11-7-3-5-9-15-11;;/h2-9H,1H3,(H,17,18);1H;/q;;+2/p-2. The van der Waals surface area contributed by atoms with Crippen LogP contribution in [0.1, 0.15) is 11.4 Å². The van der Waals surface area contributed by atoms with Crippen molar-refractivity contribution in [3.63, 3.8) is 0 Å². The predicted molar refractivity (Wildman–Crippen MR) is 82.4 cm³/mol. The summed E-state index contributed by atoms with van der Waals surface area (Å²) in [5.41, 5.74) is 2.04. The number of pyridine rings is 2. The van der Waals surface area contributed by atoms with Crippen molar-refractivity contribution in [1.82, 2.24) is 9.97 Å². The van der Waals surface area contributed by atoms with Crippen molar-refractivity contribution in [2.45, 2.75) is 0 Å². The summed E-state index contributed by atoms with van der Waals surface area (Å²) in [4.78, 5) is 8.56. The van der Waals surface area contributed by atoms with Gasteiger partial charge >= 0.3 is 17.1 Å². The third kappa shape index (κ3) is 6.23. The smallest absolute Gasteiger partial charge is 1.00 e. The summed E-state index contributed by atoms with van der Waals surface area (Å²) in [6.07, 6.45) is 5.28. The maximum absolute atomic E-state index is 5.02. The van der Waals surface area contributed by atoms with Crippen LogP contribution in [0.3, 0.4) is 0 Å². The first-order valence-electron chi connectivity index (χ1n) is 5.50. The van der Waals surface area contributed by atoms with Crippen LogP contribution in [0.15, 0.2) is 59.0 Å². The minimum absolute atomic E-state index is 0. The van der Waals surface area contributed by atoms with E-state index in [1.54, 1.807) is 12.4 Å². The molecule has 1 radical (unpaired) electrons. The summed E-state index contributed by atoms with van der Waals surface area (Å²) in [6, 6.07) is 11.2. The second-order valence-electron chi connectivity index (χ2n) is 3.45. The zero-order valence-electron chi connectivity index (χ0n) is 10.9. The van der Waals surface area contributed by atoms with Crippen LogP contribution in [-0.4, -0.2) is 26.3 Å². The molecule has 0 spiro atoms. The molecular formula is C13H11BrCuN4S2. The van der Waals surface area contributed by atoms with Crippen molar-refractivity contribution in [2.75, 3.05) is 6.26 Å². The Balaban J connectivity index is 0.00000200. The van der Waals surface area contributed by atoms with E-state index in [9.17, 15) is 0 Å². The molecule has 0 amide bonds. The van der Waals surface area contributed by atoms with Gasteiger partial charge in [0.1, 0.15) is 5.71 Å². The Labute approximate surface area is 154 Å². The molecule has 113 valence electrons. The van der Waals surface area contributed by atoms with Gasteiger partial charge in [0.05, 0.1) is 11.4 Å². The van der Waals surface area contributed by atoms with Crippen molar-refractivity contribution in [2.24, 2.45) is 10.2 Å². The van der Waals surface area contributed by atoms with Crippen molar-refractivity contribution >= 4 is 34.5 Å². The van der Waals surface area contributed by atoms with Crippen LogP contribution in [0.4, 0.5) is 0 Å². The molecule has 2 rings (SSSR count). The maximum atomic E-state index is 5.02. The Bertz CT molecular complexity index is 552. The summed E-state index contributed by atoms with van der Waals surface area (Å²) < 4.78 is 0.476. The number of nitrogens with zero attached hydrogens (tertiary/aromatic N) is 4. The Morgan fingerprint density at radius 1 is 1.00 bits per heavy atom. The number of halogens is 1. The summed E-state index contributed by atoms with van der Waals surface area (Å²) in [7, 11) is 0. The van der Waals surface area contributed by atoms with Gasteiger partial charge in [-0.1, -0.05) is 12.1 Å². The van der Waals surface area contributed by atoms with Crippen LogP contribution in [0.5, 0.6) is 0 Å². The van der Waals surface area contributed by atoms with Gasteiger partial charge in [-0.3, -0.25) is 9.97 Å². The Hall–Kier alpha value is -0.791. The number of aromatic nitrogens is 2. The van der Waals surface area contributed by atoms with Crippen molar-refractivity contribution in [3.05, 3.63) is 60.2 Å². The normalized spacial score (nSPS) is 10.0. The molecule has 0 unspecified atom stereocenters. The molecule has 21 heavy (non-hydrogen) atoms. The molecule has 0 atom stereocenters. The van der Waals surface area contributed by atoms with Crippen LogP contribution in [0.2, 0.25) is 0 Å². The van der Waals surface area contributed by atoms with Gasteiger partial charge in [0.2, 0.25) is 0 Å². The minimum Gasteiger partial charge on any atom is -1.00 e. The first-order valence-corrected chi connectivity index (χ1v) is 7.14. The third-order valence-corrected chi connectivity index (χ3v) is 3.23. The summed E-state index contributed by atoms with van der Waals surface area (Å²) >= 11 is 6.40. The van der Waals surface area contributed by atoms with Crippen LogP contribution in [0.25, 0.3) is 0 Å². The first-order chi connectivity index (χ1) is 9.31. The van der Waals surface area contributed by atoms with E-state index in [1.807, 2.05) is 42.7 Å². The van der Waals surface area contributed by atoms with Gasteiger partial charge in [0.15, 0.2) is 0 Å². The average molecular weight is 431 g/mol. The largest absolute Gasteiger partial charge is 2.00 e. The van der Waals surface area contributed by atoms with E-state index in [0.29, 0.717) is 21.5 Å². The van der Waals surface area contributed by atoms with Crippen LogP contribution in [0, 0.1) is 0 Å². The van der Waals surface area contributed by atoms with Gasteiger partial charge < -0.3 is 29.6 Å². The summed E-state index contributed by atoms with van der Waals surface area (Å²) in [5, 5.41) is 8.19. The van der Waals surface area contributed by atoms with Gasteiger partial charge in [0.25, 0.3) is 0 Å². The average Bonchev–Trinajstić information content (AvgIpc) is 2.49. The van der Waals surface area contributed by atoms with E-state index in [1.165, 1.54) is 11.8 Å². The molecule has 2 aromatic heterocycles. The van der Waals surface area contributed by atoms with Crippen LogP contribution < -0.4 is 17.0 Å². The molecule has 0 aliphatic rings. The van der Waals surface area contributed by atoms with Crippen LogP contribution >= 0.6 is 11.8 Å². The summed E-state index contributed by atoms with van der Waals surface area (Å²) in [6.45, 7) is 0. The van der Waals surface area contributed by atoms with E-state index in [4.69, 9.17) is 12.6 Å². The topological polar surface area (TPSA) is 50.5 Å². The molecule has 0 N–H and O–H groups in total. The fraction of sp³-hybridized carbons (Fsp3) is 0.0769. The van der Waals surface area contributed by atoms with Gasteiger partial charge in [-0.15, -0.1) is 16.9 Å². The molecule has 0 fully saturated rings. The van der Waals surface area contributed by atoms with Crippen molar-refractivity contribution in [1.29, 1.82) is 0 Å². The van der Waals surface area contributed by atoms with Crippen LogP contribution in [-0.2, 0) is 29.7 Å². The van der Waals surface area contributed by atoms with Crippen molar-refractivity contribution < 1.29 is 34.1 Å². The maximum Gasteiger partial charge on any atom is 2.00 e. The van der Waals surface area contributed by atoms with Gasteiger partial charge in [-0.05, 0) is 34.9 Å². The van der Waals surface area contributed by atoms with E-state index >= 15 is 0 Å². The molecule has 0 bridgehead atoms. The molecule has 2 heterocycles. The zero-order chi connectivity index (χ0) is 13.5. The molecule has 2 aromatic rings.